The largest absolute Gasteiger partial charge is 0.490 e. The van der Waals surface area contributed by atoms with Gasteiger partial charge in [-0.2, -0.15) is 5.26 Å². The molecule has 1 aromatic rings. The van der Waals surface area contributed by atoms with Crippen LogP contribution in [0.1, 0.15) is 12.0 Å². The van der Waals surface area contributed by atoms with E-state index >= 15 is 0 Å². The molecule has 0 amide bonds. The number of aromatic nitrogens is 1. The number of pyridine rings is 1. The molecule has 1 fully saturated rings. The van der Waals surface area contributed by atoms with Gasteiger partial charge in [0.15, 0.2) is 0 Å². The Morgan fingerprint density at radius 2 is 2.53 bits per heavy atom. The molecule has 15 heavy (non-hydrogen) atoms. The Morgan fingerprint density at radius 1 is 1.67 bits per heavy atom. The van der Waals surface area contributed by atoms with Gasteiger partial charge in [0.25, 0.3) is 0 Å². The molecule has 4 nitrogen and oxygen atoms in total. The van der Waals surface area contributed by atoms with Crippen LogP contribution in [0.3, 0.4) is 0 Å². The number of nitriles is 1. The van der Waals surface area contributed by atoms with E-state index in [1.807, 2.05) is 6.07 Å². The minimum atomic E-state index is 0.510. The van der Waals surface area contributed by atoms with Crippen molar-refractivity contribution in [1.29, 1.82) is 5.26 Å². The molecule has 2 heterocycles. The predicted molar refractivity (Wildman–Crippen MR) is 55.5 cm³/mol. The summed E-state index contributed by atoms with van der Waals surface area (Å²) < 4.78 is 5.57. The minimum Gasteiger partial charge on any atom is -0.490 e. The zero-order valence-corrected chi connectivity index (χ0v) is 8.68. The molecule has 1 atom stereocenters. The topological polar surface area (TPSA) is 49.1 Å². The van der Waals surface area contributed by atoms with E-state index in [2.05, 4.69) is 16.9 Å². The van der Waals surface area contributed by atoms with Crippen LogP contribution in [-0.2, 0) is 0 Å². The number of rotatable bonds is 3. The van der Waals surface area contributed by atoms with Crippen molar-refractivity contribution in [2.45, 2.75) is 12.5 Å². The Labute approximate surface area is 89.1 Å². The number of likely N-dealkylation sites (N-methyl/N-ethyl adjacent to an activating group) is 1. The predicted octanol–water partition coefficient (Wildman–Crippen LogP) is 1.04. The molecule has 0 N–H and O–H groups in total. The van der Waals surface area contributed by atoms with Gasteiger partial charge < -0.3 is 4.74 Å². The first kappa shape index (κ1) is 9.94. The molecule has 1 saturated heterocycles. The van der Waals surface area contributed by atoms with Crippen molar-refractivity contribution in [2.24, 2.45) is 0 Å². The van der Waals surface area contributed by atoms with Crippen LogP contribution >= 0.6 is 0 Å². The summed E-state index contributed by atoms with van der Waals surface area (Å²) in [6.07, 6.45) is 4.35. The highest BCUT2D eigenvalue weighted by Gasteiger charge is 2.24. The van der Waals surface area contributed by atoms with Gasteiger partial charge in [-0.3, -0.25) is 9.88 Å². The summed E-state index contributed by atoms with van der Waals surface area (Å²) in [4.78, 5) is 6.19. The maximum atomic E-state index is 8.69. The van der Waals surface area contributed by atoms with Crippen LogP contribution in [0, 0.1) is 11.3 Å². The van der Waals surface area contributed by atoms with Crippen molar-refractivity contribution in [2.75, 3.05) is 20.2 Å². The SMILES string of the molecule is CN1CC[C@H]1COc1cncc(C#N)c1. The van der Waals surface area contributed by atoms with Crippen LogP contribution in [0.4, 0.5) is 0 Å². The average Bonchev–Trinajstić information content (AvgIpc) is 2.27. The van der Waals surface area contributed by atoms with Crippen molar-refractivity contribution in [3.8, 4) is 11.8 Å². The van der Waals surface area contributed by atoms with Gasteiger partial charge in [0.2, 0.25) is 0 Å². The number of likely N-dealkylation sites (tertiary alicyclic amines) is 1. The molecule has 2 rings (SSSR count). The summed E-state index contributed by atoms with van der Waals surface area (Å²) in [5.41, 5.74) is 0.537. The smallest absolute Gasteiger partial charge is 0.138 e. The second-order valence-corrected chi connectivity index (χ2v) is 3.76. The van der Waals surface area contributed by atoms with Crippen LogP contribution in [0.5, 0.6) is 5.75 Å². The molecular weight excluding hydrogens is 190 g/mol. The van der Waals surface area contributed by atoms with E-state index in [9.17, 15) is 0 Å². The maximum absolute atomic E-state index is 8.69. The van der Waals surface area contributed by atoms with E-state index in [0.717, 1.165) is 6.54 Å². The van der Waals surface area contributed by atoms with Gasteiger partial charge in [0, 0.05) is 18.3 Å². The quantitative estimate of drug-likeness (QED) is 0.736. The van der Waals surface area contributed by atoms with Gasteiger partial charge in [-0.15, -0.1) is 0 Å². The monoisotopic (exact) mass is 203 g/mol. The highest BCUT2D eigenvalue weighted by molar-refractivity contribution is 5.32. The molecule has 1 aliphatic heterocycles. The van der Waals surface area contributed by atoms with Gasteiger partial charge in [-0.25, -0.2) is 0 Å². The van der Waals surface area contributed by atoms with E-state index < -0.39 is 0 Å². The van der Waals surface area contributed by atoms with Gasteiger partial charge in [-0.05, 0) is 20.0 Å². The zero-order chi connectivity index (χ0) is 10.7. The van der Waals surface area contributed by atoms with Crippen molar-refractivity contribution in [3.05, 3.63) is 24.0 Å². The highest BCUT2D eigenvalue weighted by Crippen LogP contribution is 2.17. The van der Waals surface area contributed by atoms with Crippen LogP contribution in [0.2, 0.25) is 0 Å². The Kier molecular flexibility index (Phi) is 2.84. The van der Waals surface area contributed by atoms with Crippen molar-refractivity contribution < 1.29 is 4.74 Å². The fourth-order valence-electron chi connectivity index (χ4n) is 1.53. The first-order valence-corrected chi connectivity index (χ1v) is 4.98. The molecule has 4 heteroatoms. The standard InChI is InChI=1S/C11H13N3O/c1-14-3-2-10(14)8-15-11-4-9(5-12)6-13-7-11/h4,6-7,10H,2-3,8H2,1H3/t10-/m0/s1. The maximum Gasteiger partial charge on any atom is 0.138 e. The molecule has 0 spiro atoms. The lowest BCUT2D eigenvalue weighted by Crippen LogP contribution is -2.48. The third kappa shape index (κ3) is 2.25. The minimum absolute atomic E-state index is 0.510. The van der Waals surface area contributed by atoms with Gasteiger partial charge in [0.05, 0.1) is 11.8 Å². The molecule has 0 unspecified atom stereocenters. The second-order valence-electron chi connectivity index (χ2n) is 3.76. The Balaban J connectivity index is 1.90. The van der Waals surface area contributed by atoms with E-state index in [1.165, 1.54) is 12.6 Å². The van der Waals surface area contributed by atoms with Crippen LogP contribution in [0.15, 0.2) is 18.5 Å². The summed E-state index contributed by atoms with van der Waals surface area (Å²) in [6, 6.07) is 4.26. The average molecular weight is 203 g/mol. The third-order valence-electron chi connectivity index (χ3n) is 2.72. The van der Waals surface area contributed by atoms with E-state index in [4.69, 9.17) is 10.00 Å². The fraction of sp³-hybridized carbons (Fsp3) is 0.455. The summed E-state index contributed by atoms with van der Waals surface area (Å²) >= 11 is 0. The molecule has 0 aromatic carbocycles. The molecule has 0 aliphatic carbocycles. The summed E-state index contributed by atoms with van der Waals surface area (Å²) in [6.45, 7) is 1.82. The molecule has 78 valence electrons. The summed E-state index contributed by atoms with van der Waals surface area (Å²) in [7, 11) is 2.08. The fourth-order valence-corrected chi connectivity index (χ4v) is 1.53. The normalized spacial score (nSPS) is 20.4. The first-order chi connectivity index (χ1) is 7.29. The van der Waals surface area contributed by atoms with Crippen molar-refractivity contribution >= 4 is 0 Å². The van der Waals surface area contributed by atoms with Gasteiger partial charge in [0.1, 0.15) is 18.4 Å². The lowest BCUT2D eigenvalue weighted by Gasteiger charge is -2.37. The molecule has 0 saturated carbocycles. The van der Waals surface area contributed by atoms with E-state index in [0.29, 0.717) is 24.0 Å². The molecule has 1 aromatic heterocycles. The lowest BCUT2D eigenvalue weighted by atomic mass is 10.1. The third-order valence-corrected chi connectivity index (χ3v) is 2.72. The summed E-state index contributed by atoms with van der Waals surface area (Å²) in [5.74, 6) is 0.675. The number of hydrogen-bond acceptors (Lipinski definition) is 4. The number of nitrogens with zero attached hydrogens (tertiary/aromatic N) is 3. The highest BCUT2D eigenvalue weighted by atomic mass is 16.5. The van der Waals surface area contributed by atoms with Crippen LogP contribution in [0.25, 0.3) is 0 Å². The zero-order valence-electron chi connectivity index (χ0n) is 8.68. The van der Waals surface area contributed by atoms with E-state index in [-0.39, 0.29) is 0 Å². The first-order valence-electron chi connectivity index (χ1n) is 4.98. The Hall–Kier alpha value is -1.60. The second kappa shape index (κ2) is 4.28. The molecular formula is C11H13N3O. The van der Waals surface area contributed by atoms with Gasteiger partial charge >= 0.3 is 0 Å². The number of ether oxygens (including phenoxy) is 1. The molecule has 0 radical (unpaired) electrons. The Bertz CT molecular complexity index is 386. The molecule has 0 bridgehead atoms. The van der Waals surface area contributed by atoms with Gasteiger partial charge in [-0.1, -0.05) is 0 Å². The van der Waals surface area contributed by atoms with Crippen molar-refractivity contribution in [3.63, 3.8) is 0 Å². The lowest BCUT2D eigenvalue weighted by molar-refractivity contribution is 0.0767. The van der Waals surface area contributed by atoms with Crippen molar-refractivity contribution in [1.82, 2.24) is 9.88 Å². The molecule has 1 aliphatic rings. The number of hydrogen-bond donors (Lipinski definition) is 0. The van der Waals surface area contributed by atoms with Crippen LogP contribution in [-0.4, -0.2) is 36.1 Å². The van der Waals surface area contributed by atoms with E-state index in [1.54, 1.807) is 12.3 Å². The summed E-state index contributed by atoms with van der Waals surface area (Å²) in [5, 5.41) is 8.69. The Morgan fingerprint density at radius 3 is 3.13 bits per heavy atom. The van der Waals surface area contributed by atoms with Crippen LogP contribution < -0.4 is 4.74 Å².